The highest BCUT2D eigenvalue weighted by atomic mass is 32.2. The van der Waals surface area contributed by atoms with E-state index in [0.29, 0.717) is 45.2 Å². The van der Waals surface area contributed by atoms with Crippen LogP contribution in [-0.4, -0.2) is 51.2 Å². The van der Waals surface area contributed by atoms with Crippen LogP contribution in [0.4, 0.5) is 0 Å². The molecular formula is C30H26O12P2S4-4. The van der Waals surface area contributed by atoms with Crippen molar-refractivity contribution in [2.45, 2.75) is 32.4 Å². The molecule has 5 rings (SSSR count). The maximum atomic E-state index is 11.9. The Morgan fingerprint density at radius 2 is 0.938 bits per heavy atom. The first-order valence-corrected chi connectivity index (χ1v) is 22.1. The Morgan fingerprint density at radius 3 is 1.27 bits per heavy atom. The van der Waals surface area contributed by atoms with Crippen molar-refractivity contribution < 1.29 is 53.5 Å². The summed E-state index contributed by atoms with van der Waals surface area (Å²) in [5.74, 6) is 0.117. The maximum absolute atomic E-state index is 11.9. The van der Waals surface area contributed by atoms with Crippen LogP contribution in [0.1, 0.15) is 12.8 Å². The van der Waals surface area contributed by atoms with Crippen LogP contribution in [-0.2, 0) is 39.7 Å². The molecule has 0 saturated heterocycles. The third-order valence-corrected chi connectivity index (χ3v) is 16.3. The zero-order chi connectivity index (χ0) is 34.7. The molecule has 18 heteroatoms. The molecule has 12 nitrogen and oxygen atoms in total. The van der Waals surface area contributed by atoms with Crippen molar-refractivity contribution in [3.05, 3.63) is 97.1 Å². The highest BCUT2D eigenvalue weighted by Gasteiger charge is 2.36. The fourth-order valence-corrected chi connectivity index (χ4v) is 13.4. The lowest BCUT2D eigenvalue weighted by Crippen LogP contribution is -2.35. The molecular weight excluding hydrogens is 743 g/mol. The van der Waals surface area contributed by atoms with Crippen LogP contribution in [0.25, 0.3) is 0 Å². The van der Waals surface area contributed by atoms with Gasteiger partial charge in [0, 0.05) is 4.90 Å². The van der Waals surface area contributed by atoms with Gasteiger partial charge in [0.05, 0.1) is 26.7 Å². The molecule has 4 aromatic carbocycles. The summed E-state index contributed by atoms with van der Waals surface area (Å²) >= 11 is 0.705. The SMILES string of the molecule is O=S(=O)([O-])c1cccc(P(CC2CCC2CP(c2cccc(S(=O)(=O)[O-])c2)c2cccc(S(=O)(=O)[O-])c2)c2cccc(SOO[O-])c2)c1. The molecule has 256 valence electrons. The van der Waals surface area contributed by atoms with E-state index < -0.39 is 56.0 Å². The minimum atomic E-state index is -4.79. The fourth-order valence-electron chi connectivity index (χ4n) is 5.48. The van der Waals surface area contributed by atoms with Gasteiger partial charge in [0.1, 0.15) is 30.4 Å². The molecule has 0 amide bonds. The maximum Gasteiger partial charge on any atom is 0.124 e. The van der Waals surface area contributed by atoms with Gasteiger partial charge in [0.15, 0.2) is 0 Å². The topological polar surface area (TPSA) is 213 Å². The molecule has 0 aromatic heterocycles. The summed E-state index contributed by atoms with van der Waals surface area (Å²) in [6.07, 6.45) is 2.64. The van der Waals surface area contributed by atoms with Gasteiger partial charge in [-0.3, -0.25) is 5.04 Å². The van der Waals surface area contributed by atoms with Gasteiger partial charge in [-0.15, -0.1) is 0 Å². The minimum Gasteiger partial charge on any atom is -0.744 e. The Morgan fingerprint density at radius 1 is 0.583 bits per heavy atom. The average Bonchev–Trinajstić information content (AvgIpc) is 3.03. The molecule has 0 heterocycles. The van der Waals surface area contributed by atoms with Crippen LogP contribution in [0.3, 0.4) is 0 Å². The highest BCUT2D eigenvalue weighted by Crippen LogP contribution is 2.50. The second kappa shape index (κ2) is 15.3. The number of hydrogen-bond donors (Lipinski definition) is 0. The Labute approximate surface area is 285 Å². The van der Waals surface area contributed by atoms with Gasteiger partial charge in [0.25, 0.3) is 0 Å². The number of rotatable bonds is 14. The second-order valence-electron chi connectivity index (χ2n) is 10.9. The van der Waals surface area contributed by atoms with Gasteiger partial charge in [-0.05, 0) is 123 Å². The molecule has 48 heavy (non-hydrogen) atoms. The van der Waals surface area contributed by atoms with E-state index in [2.05, 4.69) is 9.37 Å². The molecule has 3 unspecified atom stereocenters. The molecule has 0 radical (unpaired) electrons. The zero-order valence-corrected chi connectivity index (χ0v) is 29.7. The highest BCUT2D eigenvalue weighted by molar-refractivity contribution is 7.94. The van der Waals surface area contributed by atoms with E-state index in [-0.39, 0.29) is 16.7 Å². The first-order chi connectivity index (χ1) is 22.6. The Kier molecular flexibility index (Phi) is 11.8. The van der Waals surface area contributed by atoms with Gasteiger partial charge in [-0.25, -0.2) is 25.3 Å². The van der Waals surface area contributed by atoms with Crippen LogP contribution in [0.15, 0.2) is 117 Å². The van der Waals surface area contributed by atoms with Crippen molar-refractivity contribution in [1.82, 2.24) is 0 Å². The summed E-state index contributed by atoms with van der Waals surface area (Å²) < 4.78 is 111. The number of hydrogen-bond acceptors (Lipinski definition) is 13. The first-order valence-electron chi connectivity index (χ1n) is 14.1. The van der Waals surface area contributed by atoms with Gasteiger partial charge >= 0.3 is 0 Å². The van der Waals surface area contributed by atoms with E-state index in [1.54, 1.807) is 36.4 Å². The molecule has 0 bridgehead atoms. The van der Waals surface area contributed by atoms with Crippen molar-refractivity contribution >= 4 is 79.5 Å². The predicted octanol–water partition coefficient (Wildman–Crippen LogP) is 2.22. The largest absolute Gasteiger partial charge is 0.744 e. The Hall–Kier alpha value is -2.30. The van der Waals surface area contributed by atoms with Crippen LogP contribution in [0, 0.1) is 11.8 Å². The zero-order valence-electron chi connectivity index (χ0n) is 24.6. The van der Waals surface area contributed by atoms with Crippen molar-refractivity contribution in [1.29, 1.82) is 0 Å². The van der Waals surface area contributed by atoms with Crippen molar-refractivity contribution in [2.75, 3.05) is 12.3 Å². The summed E-state index contributed by atoms with van der Waals surface area (Å²) in [5, 5.41) is 16.4. The Balaban J connectivity index is 1.51. The third kappa shape index (κ3) is 9.27. The molecule has 1 aliphatic rings. The van der Waals surface area contributed by atoms with Gasteiger partial charge in [-0.1, -0.05) is 48.5 Å². The van der Waals surface area contributed by atoms with Crippen molar-refractivity contribution in [2.24, 2.45) is 11.8 Å². The normalized spacial score (nSPS) is 17.6. The summed E-state index contributed by atoms with van der Waals surface area (Å²) in [4.78, 5) is -0.660. The smallest absolute Gasteiger partial charge is 0.124 e. The first kappa shape index (κ1) is 37.0. The van der Waals surface area contributed by atoms with Crippen LogP contribution >= 0.6 is 27.9 Å². The van der Waals surface area contributed by atoms with E-state index in [0.717, 1.165) is 18.1 Å². The van der Waals surface area contributed by atoms with Crippen molar-refractivity contribution in [3.8, 4) is 0 Å². The molecule has 1 aliphatic carbocycles. The van der Waals surface area contributed by atoms with Crippen LogP contribution in [0.5, 0.6) is 0 Å². The van der Waals surface area contributed by atoms with Gasteiger partial charge < -0.3 is 18.9 Å². The average molecular weight is 769 g/mol. The lowest BCUT2D eigenvalue weighted by Gasteiger charge is -2.41. The molecule has 0 spiro atoms. The molecule has 4 aromatic rings. The summed E-state index contributed by atoms with van der Waals surface area (Å²) in [5.41, 5.74) is 0. The molecule has 0 aliphatic heterocycles. The fraction of sp³-hybridized carbons (Fsp3) is 0.200. The van der Waals surface area contributed by atoms with E-state index in [1.807, 2.05) is 6.07 Å². The summed E-state index contributed by atoms with van der Waals surface area (Å²) in [7, 11) is -17.0. The van der Waals surface area contributed by atoms with E-state index >= 15 is 0 Å². The second-order valence-corrected chi connectivity index (χ2v) is 20.3. The third-order valence-electron chi connectivity index (χ3n) is 7.95. The summed E-state index contributed by atoms with van der Waals surface area (Å²) in [6.45, 7) is 0. The van der Waals surface area contributed by atoms with Gasteiger partial charge in [0.2, 0.25) is 0 Å². The predicted molar refractivity (Wildman–Crippen MR) is 176 cm³/mol. The number of benzene rings is 4. The minimum absolute atomic E-state index is 0.0438. The molecule has 3 atom stereocenters. The van der Waals surface area contributed by atoms with E-state index in [4.69, 9.17) is 0 Å². The monoisotopic (exact) mass is 768 g/mol. The van der Waals surface area contributed by atoms with Crippen LogP contribution < -0.4 is 26.5 Å². The Bertz CT molecular complexity index is 2040. The molecule has 1 fully saturated rings. The lowest BCUT2D eigenvalue weighted by molar-refractivity contribution is -0.777. The quantitative estimate of drug-likeness (QED) is 0.0593. The van der Waals surface area contributed by atoms with Crippen LogP contribution in [0.2, 0.25) is 0 Å². The van der Waals surface area contributed by atoms with Gasteiger partial charge in [-0.2, -0.15) is 4.33 Å². The van der Waals surface area contributed by atoms with Crippen molar-refractivity contribution in [3.63, 3.8) is 0 Å². The standard InChI is InChI=1S/C30H30O12P2S4/c31-41-42-45-27-9-1-5-23(15-27)43(24-6-2-10-28(16-24)46(32,33)34)19-21-13-14-22(21)20-44(25-7-3-11-29(17-25)47(35,36)37)26-8-4-12-30(18-26)48(38,39)40/h1-12,15-18,21-22,31H,13-14,19-20H2,(H,32,33,34)(H,35,36,37)(H,38,39,40)/p-4. The van der Waals surface area contributed by atoms with E-state index in [9.17, 15) is 44.2 Å². The molecule has 1 saturated carbocycles. The summed E-state index contributed by atoms with van der Waals surface area (Å²) in [6, 6.07) is 24.2. The molecule has 0 N–H and O–H groups in total. The van der Waals surface area contributed by atoms with E-state index in [1.165, 1.54) is 54.6 Å². The lowest BCUT2D eigenvalue weighted by atomic mass is 9.76.